The Hall–Kier alpha value is -1.55. The van der Waals surface area contributed by atoms with Crippen LogP contribution in [0.3, 0.4) is 0 Å². The van der Waals surface area contributed by atoms with Gasteiger partial charge in [0.1, 0.15) is 5.75 Å². The van der Waals surface area contributed by atoms with Gasteiger partial charge < -0.3 is 14.6 Å². The molecule has 0 aliphatic heterocycles. The van der Waals surface area contributed by atoms with E-state index < -0.39 is 12.1 Å². The van der Waals surface area contributed by atoms with Gasteiger partial charge in [0.25, 0.3) is 0 Å². The lowest BCUT2D eigenvalue weighted by molar-refractivity contribution is -0.150. The summed E-state index contributed by atoms with van der Waals surface area (Å²) in [7, 11) is 2.83. The molecular weight excluding hydrogens is 196 g/mol. The smallest absolute Gasteiger partial charge is 0.335 e. The fraction of sp³-hybridized carbons (Fsp3) is 0.364. The Balaban J connectivity index is 2.60. The van der Waals surface area contributed by atoms with E-state index in [-0.39, 0.29) is 6.42 Å². The number of carbonyl (C=O) groups excluding carboxylic acids is 1. The third-order valence-corrected chi connectivity index (χ3v) is 2.06. The molecule has 0 aliphatic carbocycles. The highest BCUT2D eigenvalue weighted by atomic mass is 16.5. The topological polar surface area (TPSA) is 55.8 Å². The van der Waals surface area contributed by atoms with Gasteiger partial charge in [-0.15, -0.1) is 0 Å². The molecule has 1 aromatic carbocycles. The number of benzene rings is 1. The van der Waals surface area contributed by atoms with Crippen molar-refractivity contribution in [3.8, 4) is 5.75 Å². The molecule has 15 heavy (non-hydrogen) atoms. The standard InChI is InChI=1S/C11H14O4/c1-14-9-5-3-8(4-6-9)7-10(12)11(13)15-2/h3-6,10,12H,7H2,1-2H3/t10-/m1/s1. The maximum absolute atomic E-state index is 10.9. The average molecular weight is 210 g/mol. The summed E-state index contributed by atoms with van der Waals surface area (Å²) in [6.45, 7) is 0. The molecule has 4 heteroatoms. The van der Waals surface area contributed by atoms with Gasteiger partial charge in [-0.2, -0.15) is 0 Å². The minimum Gasteiger partial charge on any atom is -0.497 e. The van der Waals surface area contributed by atoms with E-state index in [1.807, 2.05) is 0 Å². The molecule has 0 saturated carbocycles. The van der Waals surface area contributed by atoms with Crippen molar-refractivity contribution >= 4 is 5.97 Å². The molecule has 1 N–H and O–H groups in total. The summed E-state index contributed by atoms with van der Waals surface area (Å²) in [6, 6.07) is 7.15. The second-order valence-corrected chi connectivity index (χ2v) is 3.09. The highest BCUT2D eigenvalue weighted by molar-refractivity contribution is 5.74. The molecule has 1 aromatic rings. The first-order chi connectivity index (χ1) is 7.17. The van der Waals surface area contributed by atoms with Crippen LogP contribution in [0.5, 0.6) is 5.75 Å². The van der Waals surface area contributed by atoms with Crippen molar-refractivity contribution in [2.75, 3.05) is 14.2 Å². The van der Waals surface area contributed by atoms with Crippen LogP contribution < -0.4 is 4.74 Å². The fourth-order valence-electron chi connectivity index (χ4n) is 1.20. The summed E-state index contributed by atoms with van der Waals surface area (Å²) in [6.07, 6.45) is -0.861. The van der Waals surface area contributed by atoms with Crippen LogP contribution in [0, 0.1) is 0 Å². The quantitative estimate of drug-likeness (QED) is 0.746. The van der Waals surface area contributed by atoms with Crippen molar-refractivity contribution < 1.29 is 19.4 Å². The fourth-order valence-corrected chi connectivity index (χ4v) is 1.20. The molecule has 0 spiro atoms. The van der Waals surface area contributed by atoms with Crippen LogP contribution in [-0.4, -0.2) is 31.4 Å². The van der Waals surface area contributed by atoms with Crippen molar-refractivity contribution in [1.29, 1.82) is 0 Å². The van der Waals surface area contributed by atoms with Crippen molar-refractivity contribution in [3.63, 3.8) is 0 Å². The third kappa shape index (κ3) is 3.25. The molecule has 0 saturated heterocycles. The summed E-state index contributed by atoms with van der Waals surface area (Å²) in [5, 5.41) is 9.39. The van der Waals surface area contributed by atoms with Crippen LogP contribution in [0.15, 0.2) is 24.3 Å². The number of hydrogen-bond acceptors (Lipinski definition) is 4. The molecule has 0 aliphatic rings. The maximum Gasteiger partial charge on any atom is 0.335 e. The molecule has 0 aromatic heterocycles. The molecule has 0 bridgehead atoms. The molecule has 1 rings (SSSR count). The van der Waals surface area contributed by atoms with Gasteiger partial charge >= 0.3 is 5.97 Å². The molecular formula is C11H14O4. The van der Waals surface area contributed by atoms with E-state index >= 15 is 0 Å². The normalized spacial score (nSPS) is 11.9. The molecule has 0 unspecified atom stereocenters. The Morgan fingerprint density at radius 1 is 1.33 bits per heavy atom. The average Bonchev–Trinajstić information content (AvgIpc) is 2.29. The molecule has 0 fully saturated rings. The van der Waals surface area contributed by atoms with Crippen LogP contribution in [0.2, 0.25) is 0 Å². The summed E-state index contributed by atoms with van der Waals surface area (Å²) < 4.78 is 9.40. The van der Waals surface area contributed by atoms with Gasteiger partial charge in [-0.25, -0.2) is 4.79 Å². The summed E-state index contributed by atoms with van der Waals surface area (Å²) in [5.41, 5.74) is 0.855. The number of methoxy groups -OCH3 is 2. The van der Waals surface area contributed by atoms with Crippen LogP contribution in [0.4, 0.5) is 0 Å². The minimum atomic E-state index is -1.11. The summed E-state index contributed by atoms with van der Waals surface area (Å²) >= 11 is 0. The number of hydrogen-bond donors (Lipinski definition) is 1. The molecule has 82 valence electrons. The Bertz CT molecular complexity index is 318. The third-order valence-electron chi connectivity index (χ3n) is 2.06. The minimum absolute atomic E-state index is 0.247. The number of rotatable bonds is 4. The van der Waals surface area contributed by atoms with E-state index in [0.29, 0.717) is 0 Å². The van der Waals surface area contributed by atoms with Crippen LogP contribution >= 0.6 is 0 Å². The zero-order chi connectivity index (χ0) is 11.3. The second kappa shape index (κ2) is 5.36. The van der Waals surface area contributed by atoms with Gasteiger partial charge in [0.15, 0.2) is 6.10 Å². The van der Waals surface area contributed by atoms with Gasteiger partial charge in [-0.3, -0.25) is 0 Å². The van der Waals surface area contributed by atoms with E-state index in [1.54, 1.807) is 31.4 Å². The summed E-state index contributed by atoms with van der Waals surface area (Å²) in [5.74, 6) is 0.122. The zero-order valence-electron chi connectivity index (χ0n) is 8.77. The number of aliphatic hydroxyl groups excluding tert-OH is 1. The number of carbonyl (C=O) groups is 1. The van der Waals surface area contributed by atoms with Crippen LogP contribution in [0.25, 0.3) is 0 Å². The lowest BCUT2D eigenvalue weighted by Gasteiger charge is -2.08. The lowest BCUT2D eigenvalue weighted by Crippen LogP contribution is -2.23. The molecule has 4 nitrogen and oxygen atoms in total. The zero-order valence-corrected chi connectivity index (χ0v) is 8.77. The van der Waals surface area contributed by atoms with E-state index in [2.05, 4.69) is 4.74 Å². The van der Waals surface area contributed by atoms with E-state index in [1.165, 1.54) is 7.11 Å². The highest BCUT2D eigenvalue weighted by Crippen LogP contribution is 2.12. The van der Waals surface area contributed by atoms with Crippen molar-refractivity contribution in [3.05, 3.63) is 29.8 Å². The highest BCUT2D eigenvalue weighted by Gasteiger charge is 2.15. The predicted octanol–water partition coefficient (Wildman–Crippen LogP) is 0.772. The molecule has 0 radical (unpaired) electrons. The monoisotopic (exact) mass is 210 g/mol. The maximum atomic E-state index is 10.9. The molecule has 0 amide bonds. The van der Waals surface area contributed by atoms with E-state index in [9.17, 15) is 9.90 Å². The largest absolute Gasteiger partial charge is 0.497 e. The van der Waals surface area contributed by atoms with E-state index in [0.717, 1.165) is 11.3 Å². The Labute approximate surface area is 88.4 Å². The summed E-state index contributed by atoms with van der Waals surface area (Å²) in [4.78, 5) is 10.9. The Morgan fingerprint density at radius 2 is 1.93 bits per heavy atom. The second-order valence-electron chi connectivity index (χ2n) is 3.09. The SMILES string of the molecule is COC(=O)[C@H](O)Cc1ccc(OC)cc1. The van der Waals surface area contributed by atoms with Gasteiger partial charge in [0.2, 0.25) is 0 Å². The first kappa shape index (κ1) is 11.5. The van der Waals surface area contributed by atoms with Gasteiger partial charge in [-0.05, 0) is 17.7 Å². The Morgan fingerprint density at radius 3 is 2.40 bits per heavy atom. The van der Waals surface area contributed by atoms with Crippen molar-refractivity contribution in [2.24, 2.45) is 0 Å². The van der Waals surface area contributed by atoms with Crippen LogP contribution in [0.1, 0.15) is 5.56 Å². The number of ether oxygens (including phenoxy) is 2. The molecule has 1 atom stereocenters. The van der Waals surface area contributed by atoms with Gasteiger partial charge in [0.05, 0.1) is 14.2 Å². The van der Waals surface area contributed by atoms with Crippen molar-refractivity contribution in [1.82, 2.24) is 0 Å². The van der Waals surface area contributed by atoms with Gasteiger partial charge in [-0.1, -0.05) is 12.1 Å². The number of esters is 1. The first-order valence-corrected chi connectivity index (χ1v) is 4.56. The van der Waals surface area contributed by atoms with Gasteiger partial charge in [0, 0.05) is 6.42 Å². The number of aliphatic hydroxyl groups is 1. The lowest BCUT2D eigenvalue weighted by atomic mass is 10.1. The van der Waals surface area contributed by atoms with Crippen LogP contribution in [-0.2, 0) is 16.0 Å². The molecule has 0 heterocycles. The van der Waals surface area contributed by atoms with Crippen molar-refractivity contribution in [2.45, 2.75) is 12.5 Å². The first-order valence-electron chi connectivity index (χ1n) is 4.56. The van der Waals surface area contributed by atoms with E-state index in [4.69, 9.17) is 4.74 Å². The Kier molecular flexibility index (Phi) is 4.12. The predicted molar refractivity (Wildman–Crippen MR) is 54.7 cm³/mol.